The molecule has 29 heavy (non-hydrogen) atoms. The molecule has 0 saturated carbocycles. The number of anilines is 1. The highest BCUT2D eigenvalue weighted by Gasteiger charge is 2.21. The molecule has 0 fully saturated rings. The zero-order valence-electron chi connectivity index (χ0n) is 16.1. The van der Waals surface area contributed by atoms with Crippen molar-refractivity contribution in [2.24, 2.45) is 0 Å². The topological polar surface area (TPSA) is 103 Å². The van der Waals surface area contributed by atoms with Gasteiger partial charge in [0, 0.05) is 23.5 Å². The number of aromatic nitrogens is 4. The van der Waals surface area contributed by atoms with Gasteiger partial charge in [0.25, 0.3) is 0 Å². The quantitative estimate of drug-likeness (QED) is 0.491. The van der Waals surface area contributed by atoms with Crippen LogP contribution >= 0.6 is 11.8 Å². The van der Waals surface area contributed by atoms with E-state index in [0.717, 1.165) is 42.6 Å². The predicted octanol–water partition coefficient (Wildman–Crippen LogP) is 2.59. The summed E-state index contributed by atoms with van der Waals surface area (Å²) in [5, 5.41) is 7.09. The Bertz CT molecular complexity index is 1080. The average molecular weight is 411 g/mol. The highest BCUT2D eigenvalue weighted by molar-refractivity contribution is 8.00. The predicted molar refractivity (Wildman–Crippen MR) is 109 cm³/mol. The number of rotatable bonds is 6. The lowest BCUT2D eigenvalue weighted by molar-refractivity contribution is -0.113. The molecule has 0 radical (unpaired) electrons. The molecule has 150 valence electrons. The van der Waals surface area contributed by atoms with E-state index in [9.17, 15) is 9.59 Å². The van der Waals surface area contributed by atoms with Gasteiger partial charge in [-0.05, 0) is 44.7 Å². The number of carbonyl (C=O) groups excluding carboxylic acids is 1. The zero-order valence-corrected chi connectivity index (χ0v) is 16.9. The van der Waals surface area contributed by atoms with Crippen LogP contribution in [0.2, 0.25) is 0 Å². The molecule has 1 amide bonds. The highest BCUT2D eigenvalue weighted by atomic mass is 32.2. The number of nitrogens with zero attached hydrogens (tertiary/aromatic N) is 4. The van der Waals surface area contributed by atoms with E-state index in [-0.39, 0.29) is 17.3 Å². The van der Waals surface area contributed by atoms with E-state index in [4.69, 9.17) is 4.52 Å². The Balaban J connectivity index is 1.54. The average Bonchev–Trinajstić information content (AvgIpc) is 3.14. The molecule has 1 aliphatic carbocycles. The Labute approximate surface area is 171 Å². The van der Waals surface area contributed by atoms with Crippen molar-refractivity contribution in [2.45, 2.75) is 44.2 Å². The Morgan fingerprint density at radius 1 is 1.31 bits per heavy atom. The minimum atomic E-state index is -0.300. The number of amides is 1. The first-order valence-corrected chi connectivity index (χ1v) is 10.5. The molecule has 1 N–H and O–H groups in total. The van der Waals surface area contributed by atoms with Crippen molar-refractivity contribution in [3.05, 3.63) is 63.7 Å². The van der Waals surface area contributed by atoms with Crippen LogP contribution in [0.1, 0.15) is 35.6 Å². The molecule has 9 heteroatoms. The normalized spacial score (nSPS) is 13.1. The molecular formula is C20H21N5O3S. The van der Waals surface area contributed by atoms with E-state index in [2.05, 4.69) is 20.4 Å². The fourth-order valence-corrected chi connectivity index (χ4v) is 4.30. The first-order valence-electron chi connectivity index (χ1n) is 9.48. The second-order valence-electron chi connectivity index (χ2n) is 6.90. The summed E-state index contributed by atoms with van der Waals surface area (Å²) < 4.78 is 6.67. The number of aryl methyl sites for hydroxylation is 1. The molecule has 0 saturated heterocycles. The highest BCUT2D eigenvalue weighted by Crippen LogP contribution is 2.28. The van der Waals surface area contributed by atoms with Crippen LogP contribution in [0.15, 0.2) is 44.8 Å². The molecular weight excluding hydrogens is 390 g/mol. The second kappa shape index (κ2) is 8.60. The van der Waals surface area contributed by atoms with E-state index in [1.54, 1.807) is 23.8 Å². The lowest BCUT2D eigenvalue weighted by Gasteiger charge is -2.22. The van der Waals surface area contributed by atoms with Gasteiger partial charge in [0.1, 0.15) is 10.8 Å². The zero-order chi connectivity index (χ0) is 20.2. The van der Waals surface area contributed by atoms with E-state index < -0.39 is 0 Å². The largest absolute Gasteiger partial charge is 0.360 e. The summed E-state index contributed by atoms with van der Waals surface area (Å²) in [4.78, 5) is 33.6. The monoisotopic (exact) mass is 411 g/mol. The summed E-state index contributed by atoms with van der Waals surface area (Å²) in [5.41, 5.74) is 2.61. The van der Waals surface area contributed by atoms with Gasteiger partial charge in [-0.1, -0.05) is 23.0 Å². The van der Waals surface area contributed by atoms with Crippen LogP contribution in [0, 0.1) is 6.92 Å². The van der Waals surface area contributed by atoms with Crippen LogP contribution in [0.25, 0.3) is 0 Å². The van der Waals surface area contributed by atoms with Gasteiger partial charge in [0.2, 0.25) is 5.91 Å². The third kappa shape index (κ3) is 4.56. The van der Waals surface area contributed by atoms with Gasteiger partial charge < -0.3 is 9.84 Å². The summed E-state index contributed by atoms with van der Waals surface area (Å²) in [7, 11) is 0. The fourth-order valence-electron chi connectivity index (χ4n) is 3.42. The standard InChI is InChI=1S/C20H21N5O3S/c1-13-10-17(24-28-13)22-18(26)12-29-19-15-7-2-3-8-16(15)25(20(27)23-19)11-14-6-4-5-9-21-14/h4-6,9-10H,2-3,7-8,11-12H2,1H3,(H,22,24,26). The van der Waals surface area contributed by atoms with Gasteiger partial charge in [0.15, 0.2) is 5.82 Å². The third-order valence-electron chi connectivity index (χ3n) is 4.73. The Morgan fingerprint density at radius 2 is 2.17 bits per heavy atom. The van der Waals surface area contributed by atoms with Gasteiger partial charge in [-0.25, -0.2) is 4.79 Å². The number of thioether (sulfide) groups is 1. The third-order valence-corrected chi connectivity index (χ3v) is 5.75. The van der Waals surface area contributed by atoms with Crippen molar-refractivity contribution in [3.8, 4) is 0 Å². The van der Waals surface area contributed by atoms with Crippen molar-refractivity contribution < 1.29 is 9.32 Å². The van der Waals surface area contributed by atoms with Gasteiger partial charge in [-0.15, -0.1) is 0 Å². The fraction of sp³-hybridized carbons (Fsp3) is 0.350. The molecule has 8 nitrogen and oxygen atoms in total. The number of hydrogen-bond donors (Lipinski definition) is 1. The minimum absolute atomic E-state index is 0.148. The van der Waals surface area contributed by atoms with Gasteiger partial charge in [-0.2, -0.15) is 4.98 Å². The Kier molecular flexibility index (Phi) is 5.75. The summed E-state index contributed by atoms with van der Waals surface area (Å²) in [6.07, 6.45) is 5.50. The lowest BCUT2D eigenvalue weighted by atomic mass is 9.97. The van der Waals surface area contributed by atoms with Crippen molar-refractivity contribution in [1.82, 2.24) is 19.7 Å². The molecule has 0 spiro atoms. The van der Waals surface area contributed by atoms with Crippen LogP contribution in [0.4, 0.5) is 5.82 Å². The van der Waals surface area contributed by atoms with Crippen molar-refractivity contribution in [1.29, 1.82) is 0 Å². The minimum Gasteiger partial charge on any atom is -0.360 e. The van der Waals surface area contributed by atoms with E-state index in [1.807, 2.05) is 18.2 Å². The van der Waals surface area contributed by atoms with Crippen LogP contribution in [-0.2, 0) is 24.2 Å². The first-order chi connectivity index (χ1) is 14.1. The molecule has 0 atom stereocenters. The van der Waals surface area contributed by atoms with Crippen LogP contribution in [-0.4, -0.2) is 31.4 Å². The molecule has 3 heterocycles. The van der Waals surface area contributed by atoms with Gasteiger partial charge >= 0.3 is 5.69 Å². The maximum atomic E-state index is 12.7. The molecule has 0 aromatic carbocycles. The SMILES string of the molecule is Cc1cc(NC(=O)CSc2nc(=O)n(Cc3ccccn3)c3c2CCCC3)no1. The van der Waals surface area contributed by atoms with Crippen LogP contribution < -0.4 is 11.0 Å². The number of fused-ring (bicyclic) bond motifs is 1. The summed E-state index contributed by atoms with van der Waals surface area (Å²) >= 11 is 1.29. The van der Waals surface area contributed by atoms with Gasteiger partial charge in [0.05, 0.1) is 18.0 Å². The maximum absolute atomic E-state index is 12.7. The smallest absolute Gasteiger partial charge is 0.349 e. The van der Waals surface area contributed by atoms with Crippen LogP contribution in [0.3, 0.4) is 0 Å². The summed E-state index contributed by atoms with van der Waals surface area (Å²) in [5.74, 6) is 0.941. The molecule has 3 aromatic heterocycles. The van der Waals surface area contributed by atoms with Crippen molar-refractivity contribution in [3.63, 3.8) is 0 Å². The van der Waals surface area contributed by atoms with Crippen molar-refractivity contribution in [2.75, 3.05) is 11.1 Å². The van der Waals surface area contributed by atoms with Crippen molar-refractivity contribution >= 4 is 23.5 Å². The molecule has 0 unspecified atom stereocenters. The van der Waals surface area contributed by atoms with Crippen LogP contribution in [0.5, 0.6) is 0 Å². The molecule has 3 aromatic rings. The Morgan fingerprint density at radius 3 is 2.93 bits per heavy atom. The Hall–Kier alpha value is -2.94. The molecule has 0 aliphatic heterocycles. The molecule has 4 rings (SSSR count). The first kappa shape index (κ1) is 19.4. The molecule has 0 bridgehead atoms. The summed E-state index contributed by atoms with van der Waals surface area (Å²) in [6.45, 7) is 2.17. The van der Waals surface area contributed by atoms with E-state index >= 15 is 0 Å². The number of carbonyl (C=O) groups is 1. The van der Waals surface area contributed by atoms with E-state index in [0.29, 0.717) is 23.1 Å². The second-order valence-corrected chi connectivity index (χ2v) is 7.86. The van der Waals surface area contributed by atoms with Gasteiger partial charge in [-0.3, -0.25) is 14.3 Å². The lowest BCUT2D eigenvalue weighted by Crippen LogP contribution is -2.31. The number of pyridine rings is 1. The molecule has 1 aliphatic rings. The van der Waals surface area contributed by atoms with E-state index in [1.165, 1.54) is 11.8 Å². The summed E-state index contributed by atoms with van der Waals surface area (Å²) in [6, 6.07) is 7.32. The maximum Gasteiger partial charge on any atom is 0.349 e. The number of nitrogens with one attached hydrogen (secondary N) is 1. The number of hydrogen-bond acceptors (Lipinski definition) is 7.